The first kappa shape index (κ1) is 14.5. The standard InChI is InChI=1S/C14H14N4O3/c1-17(10-6-8-11(9-7-10)18(20)21)14(19)12-4-2-3-5-13(12)16-15/h2-9,16H,15H2,1H3. The van der Waals surface area contributed by atoms with E-state index in [0.29, 0.717) is 16.9 Å². The van der Waals surface area contributed by atoms with Crippen LogP contribution in [0.4, 0.5) is 17.1 Å². The summed E-state index contributed by atoms with van der Waals surface area (Å²) < 4.78 is 0. The Morgan fingerprint density at radius 1 is 1.19 bits per heavy atom. The summed E-state index contributed by atoms with van der Waals surface area (Å²) in [5.74, 6) is 5.12. The Bertz CT molecular complexity index is 670. The lowest BCUT2D eigenvalue weighted by Gasteiger charge is -2.18. The summed E-state index contributed by atoms with van der Waals surface area (Å²) in [5, 5.41) is 10.6. The number of para-hydroxylation sites is 1. The number of nitro benzene ring substituents is 1. The van der Waals surface area contributed by atoms with Crippen LogP contribution >= 0.6 is 0 Å². The average molecular weight is 286 g/mol. The number of carbonyl (C=O) groups is 1. The van der Waals surface area contributed by atoms with Crippen molar-refractivity contribution in [1.82, 2.24) is 0 Å². The van der Waals surface area contributed by atoms with Gasteiger partial charge < -0.3 is 10.3 Å². The molecule has 0 aliphatic heterocycles. The molecule has 0 atom stereocenters. The normalized spacial score (nSPS) is 10.0. The van der Waals surface area contributed by atoms with Gasteiger partial charge in [-0.3, -0.25) is 20.8 Å². The number of anilines is 2. The smallest absolute Gasteiger partial charge is 0.269 e. The fourth-order valence-corrected chi connectivity index (χ4v) is 1.89. The molecule has 0 fully saturated rings. The van der Waals surface area contributed by atoms with Crippen LogP contribution in [0.5, 0.6) is 0 Å². The number of hydrogen-bond acceptors (Lipinski definition) is 5. The van der Waals surface area contributed by atoms with Gasteiger partial charge in [0.05, 0.1) is 16.2 Å². The van der Waals surface area contributed by atoms with Crippen LogP contribution in [-0.4, -0.2) is 17.9 Å². The van der Waals surface area contributed by atoms with E-state index in [1.165, 1.54) is 29.2 Å². The summed E-state index contributed by atoms with van der Waals surface area (Å²) in [6.45, 7) is 0. The molecule has 0 aliphatic carbocycles. The SMILES string of the molecule is CN(C(=O)c1ccccc1NN)c1ccc([N+](=O)[O-])cc1. The maximum atomic E-state index is 12.4. The van der Waals surface area contributed by atoms with Gasteiger partial charge in [-0.05, 0) is 24.3 Å². The van der Waals surface area contributed by atoms with Gasteiger partial charge in [0.15, 0.2) is 0 Å². The number of benzene rings is 2. The number of carbonyl (C=O) groups excluding carboxylic acids is 1. The number of amides is 1. The van der Waals surface area contributed by atoms with Crippen molar-refractivity contribution in [1.29, 1.82) is 0 Å². The minimum Gasteiger partial charge on any atom is -0.323 e. The molecule has 3 N–H and O–H groups in total. The molecule has 21 heavy (non-hydrogen) atoms. The highest BCUT2D eigenvalue weighted by Gasteiger charge is 2.17. The van der Waals surface area contributed by atoms with E-state index in [2.05, 4.69) is 5.43 Å². The third-order valence-electron chi connectivity index (χ3n) is 3.07. The molecule has 1 amide bonds. The quantitative estimate of drug-likeness (QED) is 0.509. The van der Waals surface area contributed by atoms with Crippen LogP contribution in [-0.2, 0) is 0 Å². The van der Waals surface area contributed by atoms with Gasteiger partial charge in [0, 0.05) is 24.9 Å². The second kappa shape index (κ2) is 6.02. The van der Waals surface area contributed by atoms with E-state index in [9.17, 15) is 14.9 Å². The molecule has 0 radical (unpaired) electrons. The number of nitrogens with one attached hydrogen (secondary N) is 1. The largest absolute Gasteiger partial charge is 0.323 e. The van der Waals surface area contributed by atoms with Crippen LogP contribution in [0.15, 0.2) is 48.5 Å². The maximum absolute atomic E-state index is 12.4. The Morgan fingerprint density at radius 2 is 1.81 bits per heavy atom. The van der Waals surface area contributed by atoms with Crippen molar-refractivity contribution in [2.24, 2.45) is 5.84 Å². The van der Waals surface area contributed by atoms with Gasteiger partial charge in [-0.25, -0.2) is 0 Å². The zero-order valence-electron chi connectivity index (χ0n) is 11.3. The molecule has 2 rings (SSSR count). The Hall–Kier alpha value is -2.93. The molecule has 7 nitrogen and oxygen atoms in total. The second-order valence-electron chi connectivity index (χ2n) is 4.33. The van der Waals surface area contributed by atoms with Crippen LogP contribution < -0.4 is 16.2 Å². The van der Waals surface area contributed by atoms with E-state index in [-0.39, 0.29) is 11.6 Å². The van der Waals surface area contributed by atoms with E-state index >= 15 is 0 Å². The molecule has 0 saturated carbocycles. The molecule has 0 spiro atoms. The lowest BCUT2D eigenvalue weighted by molar-refractivity contribution is -0.384. The van der Waals surface area contributed by atoms with Crippen molar-refractivity contribution in [2.75, 3.05) is 17.4 Å². The van der Waals surface area contributed by atoms with E-state index in [1.807, 2.05) is 0 Å². The lowest BCUT2D eigenvalue weighted by atomic mass is 10.1. The Balaban J connectivity index is 2.28. The molecule has 0 aromatic heterocycles. The van der Waals surface area contributed by atoms with Crippen LogP contribution in [0.2, 0.25) is 0 Å². The summed E-state index contributed by atoms with van der Waals surface area (Å²) in [4.78, 5) is 24.0. The maximum Gasteiger partial charge on any atom is 0.269 e. The molecule has 108 valence electrons. The number of hydrogen-bond donors (Lipinski definition) is 2. The molecule has 0 aliphatic rings. The number of non-ortho nitro benzene ring substituents is 1. The first-order valence-electron chi connectivity index (χ1n) is 6.12. The van der Waals surface area contributed by atoms with Crippen LogP contribution in [0.1, 0.15) is 10.4 Å². The van der Waals surface area contributed by atoms with E-state index in [1.54, 1.807) is 31.3 Å². The number of nitro groups is 1. The van der Waals surface area contributed by atoms with Crippen LogP contribution in [0.25, 0.3) is 0 Å². The van der Waals surface area contributed by atoms with Crippen LogP contribution in [0.3, 0.4) is 0 Å². The molecule has 7 heteroatoms. The molecular weight excluding hydrogens is 272 g/mol. The Kier molecular flexibility index (Phi) is 4.15. The summed E-state index contributed by atoms with van der Waals surface area (Å²) in [7, 11) is 1.59. The predicted molar refractivity (Wildman–Crippen MR) is 80.1 cm³/mol. The van der Waals surface area contributed by atoms with Gasteiger partial charge in [-0.15, -0.1) is 0 Å². The third-order valence-corrected chi connectivity index (χ3v) is 3.07. The van der Waals surface area contributed by atoms with E-state index in [0.717, 1.165) is 0 Å². The molecule has 0 bridgehead atoms. The van der Waals surface area contributed by atoms with Crippen molar-refractivity contribution in [2.45, 2.75) is 0 Å². The zero-order valence-corrected chi connectivity index (χ0v) is 11.3. The molecule has 2 aromatic carbocycles. The molecule has 0 unspecified atom stereocenters. The highest BCUT2D eigenvalue weighted by Crippen LogP contribution is 2.22. The summed E-state index contributed by atoms with van der Waals surface area (Å²) in [6, 6.07) is 12.6. The molecule has 2 aromatic rings. The minimum atomic E-state index is -0.487. The van der Waals surface area contributed by atoms with Crippen LogP contribution in [0, 0.1) is 10.1 Å². The first-order chi connectivity index (χ1) is 10.0. The van der Waals surface area contributed by atoms with Gasteiger partial charge in [0.25, 0.3) is 11.6 Å². The van der Waals surface area contributed by atoms with Crippen molar-refractivity contribution in [3.63, 3.8) is 0 Å². The highest BCUT2D eigenvalue weighted by molar-refractivity contribution is 6.09. The number of nitrogens with two attached hydrogens (primary N) is 1. The predicted octanol–water partition coefficient (Wildman–Crippen LogP) is 2.16. The molecule has 0 saturated heterocycles. The number of rotatable bonds is 4. The van der Waals surface area contributed by atoms with E-state index < -0.39 is 4.92 Å². The first-order valence-corrected chi connectivity index (χ1v) is 6.12. The average Bonchev–Trinajstić information content (AvgIpc) is 2.53. The van der Waals surface area contributed by atoms with Gasteiger partial charge in [0.1, 0.15) is 0 Å². The van der Waals surface area contributed by atoms with Gasteiger partial charge >= 0.3 is 0 Å². The number of nitrogens with zero attached hydrogens (tertiary/aromatic N) is 2. The molecular formula is C14H14N4O3. The lowest BCUT2D eigenvalue weighted by Crippen LogP contribution is -2.27. The number of nitrogen functional groups attached to an aromatic ring is 1. The van der Waals surface area contributed by atoms with Gasteiger partial charge in [-0.1, -0.05) is 12.1 Å². The Labute approximate surface area is 121 Å². The summed E-state index contributed by atoms with van der Waals surface area (Å²) in [5.41, 5.74) is 3.93. The van der Waals surface area contributed by atoms with Crippen molar-refractivity contribution in [3.8, 4) is 0 Å². The second-order valence-corrected chi connectivity index (χ2v) is 4.33. The zero-order chi connectivity index (χ0) is 15.4. The fraction of sp³-hybridized carbons (Fsp3) is 0.0714. The third kappa shape index (κ3) is 2.98. The monoisotopic (exact) mass is 286 g/mol. The summed E-state index contributed by atoms with van der Waals surface area (Å²) >= 11 is 0. The highest BCUT2D eigenvalue weighted by atomic mass is 16.6. The van der Waals surface area contributed by atoms with Crippen molar-refractivity contribution in [3.05, 3.63) is 64.2 Å². The molecule has 0 heterocycles. The van der Waals surface area contributed by atoms with E-state index in [4.69, 9.17) is 5.84 Å². The van der Waals surface area contributed by atoms with Crippen molar-refractivity contribution < 1.29 is 9.72 Å². The summed E-state index contributed by atoms with van der Waals surface area (Å²) in [6.07, 6.45) is 0. The minimum absolute atomic E-state index is 0.0244. The Morgan fingerprint density at radius 3 is 2.38 bits per heavy atom. The number of hydrazine groups is 1. The van der Waals surface area contributed by atoms with Crippen molar-refractivity contribution >= 4 is 23.0 Å². The van der Waals surface area contributed by atoms with Gasteiger partial charge in [-0.2, -0.15) is 0 Å². The topological polar surface area (TPSA) is 102 Å². The fourth-order valence-electron chi connectivity index (χ4n) is 1.89. The van der Waals surface area contributed by atoms with Gasteiger partial charge in [0.2, 0.25) is 0 Å².